The molecule has 1 aromatic carbocycles. The van der Waals surface area contributed by atoms with E-state index in [4.69, 9.17) is 17.8 Å². The first-order valence-corrected chi connectivity index (χ1v) is 7.40. The van der Waals surface area contributed by atoms with Crippen molar-refractivity contribution in [2.45, 2.75) is 50.8 Å². The van der Waals surface area contributed by atoms with E-state index in [-0.39, 0.29) is 11.3 Å². The first-order valence-electron chi connectivity index (χ1n) is 7.40. The number of hydrogen-bond donors (Lipinski definition) is 0. The predicted octanol–water partition coefficient (Wildman–Crippen LogP) is 3.93. The highest BCUT2D eigenvalue weighted by atomic mass is 16.5. The van der Waals surface area contributed by atoms with Gasteiger partial charge in [0.2, 0.25) is 0 Å². The topological polar surface area (TPSA) is 33.0 Å². The maximum atomic E-state index is 9.08. The molecule has 0 spiro atoms. The van der Waals surface area contributed by atoms with Crippen molar-refractivity contribution >= 4 is 7.85 Å². The molecule has 0 atom stereocenters. The number of benzene rings is 1. The van der Waals surface area contributed by atoms with Crippen LogP contribution in [0.2, 0.25) is 6.32 Å². The molecule has 1 saturated carbocycles. The lowest BCUT2D eigenvalue weighted by Gasteiger charge is -2.39. The minimum Gasteiger partial charge on any atom is -0.496 e. The van der Waals surface area contributed by atoms with E-state index in [1.54, 1.807) is 7.11 Å². The minimum absolute atomic E-state index is 0.152. The molecule has 2 radical (unpaired) electrons. The van der Waals surface area contributed by atoms with E-state index in [1.165, 1.54) is 11.1 Å². The van der Waals surface area contributed by atoms with Gasteiger partial charge in [0.15, 0.2) is 0 Å². The van der Waals surface area contributed by atoms with E-state index in [0.717, 1.165) is 37.9 Å². The molecule has 0 aromatic heterocycles. The summed E-state index contributed by atoms with van der Waals surface area (Å²) in [6.07, 6.45) is 5.80. The van der Waals surface area contributed by atoms with Crippen LogP contribution < -0.4 is 4.74 Å². The molecule has 0 heterocycles. The summed E-state index contributed by atoms with van der Waals surface area (Å²) in [6, 6.07) is 8.88. The highest BCUT2D eigenvalue weighted by Gasteiger charge is 2.36. The molecular weight excluding hydrogens is 245 g/mol. The van der Waals surface area contributed by atoms with Crippen molar-refractivity contribution in [1.29, 1.82) is 5.26 Å². The summed E-state index contributed by atoms with van der Waals surface area (Å²) < 4.78 is 5.35. The molecule has 0 aliphatic heterocycles. The second-order valence-electron chi connectivity index (χ2n) is 5.91. The van der Waals surface area contributed by atoms with Crippen LogP contribution in [0.5, 0.6) is 5.75 Å². The van der Waals surface area contributed by atoms with Crippen molar-refractivity contribution in [3.8, 4) is 11.8 Å². The van der Waals surface area contributed by atoms with Gasteiger partial charge in [0.05, 0.1) is 21.0 Å². The third-order valence-corrected chi connectivity index (χ3v) is 4.76. The van der Waals surface area contributed by atoms with Gasteiger partial charge in [-0.2, -0.15) is 5.26 Å². The molecule has 0 saturated heterocycles. The fourth-order valence-corrected chi connectivity index (χ4v) is 3.47. The molecule has 1 fully saturated rings. The van der Waals surface area contributed by atoms with Gasteiger partial charge in [-0.05, 0) is 55.2 Å². The largest absolute Gasteiger partial charge is 0.496 e. The number of methoxy groups -OCH3 is 1. The van der Waals surface area contributed by atoms with Crippen molar-refractivity contribution in [2.24, 2.45) is 5.92 Å². The Kier molecular flexibility index (Phi) is 4.75. The maximum absolute atomic E-state index is 9.08. The smallest absolute Gasteiger partial charge is 0.121 e. The van der Waals surface area contributed by atoms with E-state index < -0.39 is 0 Å². The number of nitriles is 1. The predicted molar refractivity (Wildman–Crippen MR) is 82.2 cm³/mol. The number of aryl methyl sites for hydroxylation is 1. The van der Waals surface area contributed by atoms with Crippen LogP contribution >= 0.6 is 0 Å². The Morgan fingerprint density at radius 1 is 1.40 bits per heavy atom. The molecule has 1 aliphatic rings. The molecular formula is C17H22BNO. The van der Waals surface area contributed by atoms with E-state index in [1.807, 2.05) is 0 Å². The van der Waals surface area contributed by atoms with Gasteiger partial charge in [0.25, 0.3) is 0 Å². The van der Waals surface area contributed by atoms with E-state index in [2.05, 4.69) is 31.2 Å². The first-order chi connectivity index (χ1) is 9.65. The SMILES string of the molecule is [B]CCC1(c2ccc(OC)c(C)c2)CCC(C#N)CC1. The van der Waals surface area contributed by atoms with Crippen molar-refractivity contribution in [3.63, 3.8) is 0 Å². The zero-order valence-electron chi connectivity index (χ0n) is 12.5. The summed E-state index contributed by atoms with van der Waals surface area (Å²) in [7, 11) is 7.56. The number of hydrogen-bond acceptors (Lipinski definition) is 2. The summed E-state index contributed by atoms with van der Waals surface area (Å²) >= 11 is 0. The minimum atomic E-state index is 0.152. The monoisotopic (exact) mass is 267 g/mol. The number of ether oxygens (including phenoxy) is 1. The fourth-order valence-electron chi connectivity index (χ4n) is 3.47. The van der Waals surface area contributed by atoms with Crippen LogP contribution in [0.1, 0.15) is 43.2 Å². The summed E-state index contributed by atoms with van der Waals surface area (Å²) in [6.45, 7) is 2.08. The second kappa shape index (κ2) is 6.35. The Morgan fingerprint density at radius 2 is 2.10 bits per heavy atom. The summed E-state index contributed by atoms with van der Waals surface area (Å²) in [4.78, 5) is 0. The third-order valence-electron chi connectivity index (χ3n) is 4.76. The van der Waals surface area contributed by atoms with Crippen LogP contribution in [-0.2, 0) is 5.41 Å². The molecule has 20 heavy (non-hydrogen) atoms. The molecule has 0 N–H and O–H groups in total. The molecule has 1 aromatic rings. The summed E-state index contributed by atoms with van der Waals surface area (Å²) in [5, 5.41) is 9.08. The zero-order chi connectivity index (χ0) is 14.6. The highest BCUT2D eigenvalue weighted by Crippen LogP contribution is 2.45. The van der Waals surface area contributed by atoms with Gasteiger partial charge in [-0.15, -0.1) is 0 Å². The van der Waals surface area contributed by atoms with Crippen LogP contribution in [-0.4, -0.2) is 15.0 Å². The van der Waals surface area contributed by atoms with Gasteiger partial charge >= 0.3 is 0 Å². The van der Waals surface area contributed by atoms with Gasteiger partial charge in [0.1, 0.15) is 5.75 Å². The summed E-state index contributed by atoms with van der Waals surface area (Å²) in [5.74, 6) is 1.16. The van der Waals surface area contributed by atoms with Crippen molar-refractivity contribution in [3.05, 3.63) is 29.3 Å². The van der Waals surface area contributed by atoms with Gasteiger partial charge in [0, 0.05) is 5.92 Å². The molecule has 0 bridgehead atoms. The maximum Gasteiger partial charge on any atom is 0.121 e. The van der Waals surface area contributed by atoms with E-state index in [0.29, 0.717) is 6.32 Å². The van der Waals surface area contributed by atoms with Gasteiger partial charge in [-0.25, -0.2) is 0 Å². The molecule has 0 unspecified atom stereocenters. The number of rotatable bonds is 4. The zero-order valence-corrected chi connectivity index (χ0v) is 12.5. The Hall–Kier alpha value is -1.43. The van der Waals surface area contributed by atoms with E-state index in [9.17, 15) is 0 Å². The lowest BCUT2D eigenvalue weighted by atomic mass is 9.63. The van der Waals surface area contributed by atoms with Gasteiger partial charge in [-0.3, -0.25) is 0 Å². The molecule has 104 valence electrons. The van der Waals surface area contributed by atoms with Gasteiger partial charge in [-0.1, -0.05) is 24.9 Å². The molecule has 2 nitrogen and oxygen atoms in total. The van der Waals surface area contributed by atoms with Crippen molar-refractivity contribution in [1.82, 2.24) is 0 Å². The van der Waals surface area contributed by atoms with E-state index >= 15 is 0 Å². The molecule has 0 amide bonds. The van der Waals surface area contributed by atoms with Crippen LogP contribution in [0.4, 0.5) is 0 Å². The Morgan fingerprint density at radius 3 is 2.60 bits per heavy atom. The number of nitrogens with zero attached hydrogens (tertiary/aromatic N) is 1. The Balaban J connectivity index is 2.29. The van der Waals surface area contributed by atoms with Crippen LogP contribution in [0.3, 0.4) is 0 Å². The normalized spacial score (nSPS) is 25.9. The molecule has 1 aliphatic carbocycles. The second-order valence-corrected chi connectivity index (χ2v) is 5.91. The lowest BCUT2D eigenvalue weighted by Crippen LogP contribution is -2.31. The average Bonchev–Trinajstić information content (AvgIpc) is 2.48. The highest BCUT2D eigenvalue weighted by molar-refractivity contribution is 6.08. The first kappa shape index (κ1) is 15.0. The standard InChI is InChI=1S/C17H22BNO/c1-13-11-15(3-4-16(13)20-2)17(9-10-18)7-5-14(12-19)6-8-17/h3-4,11,14H,5-10H2,1-2H3. The fraction of sp³-hybridized carbons (Fsp3) is 0.588. The quantitative estimate of drug-likeness (QED) is 0.774. The van der Waals surface area contributed by atoms with Crippen molar-refractivity contribution in [2.75, 3.05) is 7.11 Å². The molecule has 3 heteroatoms. The third kappa shape index (κ3) is 2.85. The Bertz CT molecular complexity index is 498. The van der Waals surface area contributed by atoms with Crippen LogP contribution in [0.25, 0.3) is 0 Å². The van der Waals surface area contributed by atoms with Crippen LogP contribution in [0, 0.1) is 24.2 Å². The Labute approximate surface area is 123 Å². The average molecular weight is 267 g/mol. The lowest BCUT2D eigenvalue weighted by molar-refractivity contribution is 0.252. The van der Waals surface area contributed by atoms with Crippen molar-refractivity contribution < 1.29 is 4.74 Å². The van der Waals surface area contributed by atoms with Gasteiger partial charge < -0.3 is 4.74 Å². The molecule has 2 rings (SSSR count). The summed E-state index contributed by atoms with van der Waals surface area (Å²) in [5.41, 5.74) is 2.68. The van der Waals surface area contributed by atoms with Crippen LogP contribution in [0.15, 0.2) is 18.2 Å².